The highest BCUT2D eigenvalue weighted by molar-refractivity contribution is 5.97. The third-order valence-electron chi connectivity index (χ3n) is 3.53. The van der Waals surface area contributed by atoms with Crippen LogP contribution >= 0.6 is 0 Å². The van der Waals surface area contributed by atoms with Crippen LogP contribution in [0.1, 0.15) is 12.8 Å². The van der Waals surface area contributed by atoms with Gasteiger partial charge < -0.3 is 15.3 Å². The first kappa shape index (κ1) is 15.5. The van der Waals surface area contributed by atoms with Gasteiger partial charge in [0, 0.05) is 25.5 Å². The molecule has 0 radical (unpaired) electrons. The van der Waals surface area contributed by atoms with Gasteiger partial charge in [0.25, 0.3) is 5.91 Å². The number of carboxylic acids is 1. The molecule has 0 atom stereocenters. The van der Waals surface area contributed by atoms with Crippen molar-refractivity contribution < 1.29 is 14.7 Å². The average Bonchev–Trinajstić information content (AvgIpc) is 2.56. The van der Waals surface area contributed by atoms with E-state index in [1.807, 2.05) is 6.07 Å². The zero-order chi connectivity index (χ0) is 15.9. The number of hydrogen-bond donors (Lipinski definition) is 2. The summed E-state index contributed by atoms with van der Waals surface area (Å²) < 4.78 is 0. The zero-order valence-electron chi connectivity index (χ0n) is 11.9. The Morgan fingerprint density at radius 1 is 1.45 bits per heavy atom. The van der Waals surface area contributed by atoms with E-state index in [1.54, 1.807) is 24.5 Å². The minimum absolute atomic E-state index is 0.0161. The fourth-order valence-electron chi connectivity index (χ4n) is 2.25. The number of piperidine rings is 1. The molecule has 0 saturated carbocycles. The molecule has 1 fully saturated rings. The molecule has 1 aromatic rings. The number of carboxylic acid groups (broad SMARTS) is 1. The summed E-state index contributed by atoms with van der Waals surface area (Å²) in [6, 6.07) is 5.38. The van der Waals surface area contributed by atoms with Gasteiger partial charge in [-0.3, -0.25) is 14.6 Å². The summed E-state index contributed by atoms with van der Waals surface area (Å²) >= 11 is 0. The second-order valence-corrected chi connectivity index (χ2v) is 4.96. The van der Waals surface area contributed by atoms with Gasteiger partial charge >= 0.3 is 5.97 Å². The van der Waals surface area contributed by atoms with Crippen LogP contribution in [-0.4, -0.2) is 40.0 Å². The Labute approximate surface area is 127 Å². The number of carbonyl (C=O) groups excluding carboxylic acids is 1. The molecule has 22 heavy (non-hydrogen) atoms. The Morgan fingerprint density at radius 3 is 2.73 bits per heavy atom. The van der Waals surface area contributed by atoms with E-state index in [4.69, 9.17) is 10.4 Å². The van der Waals surface area contributed by atoms with Gasteiger partial charge in [0.05, 0.1) is 17.8 Å². The highest BCUT2D eigenvalue weighted by Gasteiger charge is 2.28. The highest BCUT2D eigenvalue weighted by Crippen LogP contribution is 2.18. The van der Waals surface area contributed by atoms with Crippen molar-refractivity contribution in [3.8, 4) is 6.07 Å². The van der Waals surface area contributed by atoms with Crippen molar-refractivity contribution in [2.45, 2.75) is 12.8 Å². The second-order valence-electron chi connectivity index (χ2n) is 4.96. The SMILES string of the molecule is N#C/C(=C/Nc1cccnc1)C(=O)N1CCC(C(=O)O)CC1. The minimum Gasteiger partial charge on any atom is -0.481 e. The first-order chi connectivity index (χ1) is 10.6. The molecule has 114 valence electrons. The van der Waals surface area contributed by atoms with Crippen LogP contribution in [0.2, 0.25) is 0 Å². The van der Waals surface area contributed by atoms with Crippen molar-refractivity contribution >= 4 is 17.6 Å². The molecule has 1 aliphatic rings. The largest absolute Gasteiger partial charge is 0.481 e. The van der Waals surface area contributed by atoms with E-state index in [1.165, 1.54) is 11.1 Å². The quantitative estimate of drug-likeness (QED) is 0.639. The number of anilines is 1. The molecular weight excluding hydrogens is 284 g/mol. The lowest BCUT2D eigenvalue weighted by Crippen LogP contribution is -2.40. The van der Waals surface area contributed by atoms with Crippen LogP contribution in [0, 0.1) is 17.2 Å². The summed E-state index contributed by atoms with van der Waals surface area (Å²) in [5.41, 5.74) is 0.658. The molecule has 7 nitrogen and oxygen atoms in total. The highest BCUT2D eigenvalue weighted by atomic mass is 16.4. The first-order valence-corrected chi connectivity index (χ1v) is 6.90. The molecule has 0 bridgehead atoms. The number of carbonyl (C=O) groups is 2. The Kier molecular flexibility index (Phi) is 5.09. The molecular formula is C15H16N4O3. The van der Waals surface area contributed by atoms with Gasteiger partial charge in [-0.15, -0.1) is 0 Å². The van der Waals surface area contributed by atoms with E-state index >= 15 is 0 Å². The van der Waals surface area contributed by atoms with E-state index in [-0.39, 0.29) is 11.5 Å². The first-order valence-electron chi connectivity index (χ1n) is 6.90. The number of aromatic nitrogens is 1. The number of likely N-dealkylation sites (tertiary alicyclic amines) is 1. The standard InChI is InChI=1S/C15H16N4O3/c16-8-12(9-18-13-2-1-5-17-10-13)14(20)19-6-3-11(4-7-19)15(21)22/h1-2,5,9-11,18H,3-4,6-7H2,(H,21,22)/b12-9-. The molecule has 1 saturated heterocycles. The molecule has 0 aromatic carbocycles. The maximum Gasteiger partial charge on any atom is 0.306 e. The van der Waals surface area contributed by atoms with Crippen LogP contribution in [0.3, 0.4) is 0 Å². The molecule has 2 rings (SSSR count). The summed E-state index contributed by atoms with van der Waals surface area (Å²) in [5, 5.41) is 20.9. The van der Waals surface area contributed by atoms with Gasteiger partial charge in [-0.2, -0.15) is 5.26 Å². The fourth-order valence-corrected chi connectivity index (χ4v) is 2.25. The maximum atomic E-state index is 12.3. The third kappa shape index (κ3) is 3.82. The predicted octanol–water partition coefficient (Wildman–Crippen LogP) is 1.22. The Balaban J connectivity index is 1.98. The molecule has 2 N–H and O–H groups in total. The number of nitriles is 1. The van der Waals surface area contributed by atoms with E-state index < -0.39 is 11.9 Å². The van der Waals surface area contributed by atoms with Crippen molar-refractivity contribution in [3.05, 3.63) is 36.3 Å². The van der Waals surface area contributed by atoms with E-state index in [0.717, 1.165) is 0 Å². The van der Waals surface area contributed by atoms with Gasteiger partial charge in [-0.25, -0.2) is 0 Å². The van der Waals surface area contributed by atoms with E-state index in [0.29, 0.717) is 31.6 Å². The fraction of sp³-hybridized carbons (Fsp3) is 0.333. The van der Waals surface area contributed by atoms with Crippen molar-refractivity contribution in [2.75, 3.05) is 18.4 Å². The number of hydrogen-bond acceptors (Lipinski definition) is 5. The molecule has 1 aliphatic heterocycles. The summed E-state index contributed by atoms with van der Waals surface area (Å²) in [4.78, 5) is 28.6. The van der Waals surface area contributed by atoms with Crippen molar-refractivity contribution in [2.24, 2.45) is 5.92 Å². The van der Waals surface area contributed by atoms with Gasteiger partial charge in [-0.1, -0.05) is 0 Å². The van der Waals surface area contributed by atoms with E-state index in [2.05, 4.69) is 10.3 Å². The number of pyridine rings is 1. The summed E-state index contributed by atoms with van der Waals surface area (Å²) in [5.74, 6) is -1.63. The second kappa shape index (κ2) is 7.22. The Morgan fingerprint density at radius 2 is 2.18 bits per heavy atom. The van der Waals surface area contributed by atoms with Gasteiger partial charge in [0.1, 0.15) is 11.6 Å². The van der Waals surface area contributed by atoms with Crippen LogP contribution in [0.4, 0.5) is 5.69 Å². The average molecular weight is 300 g/mol. The topological polar surface area (TPSA) is 106 Å². The molecule has 1 aromatic heterocycles. The number of aliphatic carboxylic acids is 1. The number of amides is 1. The van der Waals surface area contributed by atoms with Crippen LogP contribution in [0.15, 0.2) is 36.3 Å². The van der Waals surface area contributed by atoms with Gasteiger partial charge in [0.15, 0.2) is 0 Å². The minimum atomic E-state index is -0.832. The zero-order valence-corrected chi connectivity index (χ0v) is 11.9. The molecule has 0 spiro atoms. The Hall–Kier alpha value is -2.88. The van der Waals surface area contributed by atoms with Crippen molar-refractivity contribution in [1.29, 1.82) is 5.26 Å². The van der Waals surface area contributed by atoms with Crippen molar-refractivity contribution in [3.63, 3.8) is 0 Å². The van der Waals surface area contributed by atoms with E-state index in [9.17, 15) is 9.59 Å². The number of nitrogens with zero attached hydrogens (tertiary/aromatic N) is 3. The third-order valence-corrected chi connectivity index (χ3v) is 3.53. The van der Waals surface area contributed by atoms with Crippen LogP contribution < -0.4 is 5.32 Å². The summed E-state index contributed by atoms with van der Waals surface area (Å²) in [6.07, 6.45) is 5.38. The maximum absolute atomic E-state index is 12.3. The molecule has 0 unspecified atom stereocenters. The monoisotopic (exact) mass is 300 g/mol. The van der Waals surface area contributed by atoms with Gasteiger partial charge in [-0.05, 0) is 25.0 Å². The lowest BCUT2D eigenvalue weighted by Gasteiger charge is -2.29. The lowest BCUT2D eigenvalue weighted by molar-refractivity contribution is -0.145. The predicted molar refractivity (Wildman–Crippen MR) is 78.5 cm³/mol. The van der Waals surface area contributed by atoms with Gasteiger partial charge in [0.2, 0.25) is 0 Å². The molecule has 1 amide bonds. The molecule has 7 heteroatoms. The normalized spacial score (nSPS) is 16.0. The lowest BCUT2D eigenvalue weighted by atomic mass is 9.97. The summed E-state index contributed by atoms with van der Waals surface area (Å²) in [7, 11) is 0. The van der Waals surface area contributed by atoms with Crippen LogP contribution in [0.5, 0.6) is 0 Å². The van der Waals surface area contributed by atoms with Crippen LogP contribution in [-0.2, 0) is 9.59 Å². The number of nitrogens with one attached hydrogen (secondary N) is 1. The van der Waals surface area contributed by atoms with Crippen molar-refractivity contribution in [1.82, 2.24) is 9.88 Å². The Bertz CT molecular complexity index is 613. The smallest absolute Gasteiger partial charge is 0.306 e. The molecule has 2 heterocycles. The van der Waals surface area contributed by atoms with Crippen LogP contribution in [0.25, 0.3) is 0 Å². The number of rotatable bonds is 4. The molecule has 0 aliphatic carbocycles. The summed E-state index contributed by atoms with van der Waals surface area (Å²) in [6.45, 7) is 0.698.